The Bertz CT molecular complexity index is 824. The second-order valence-corrected chi connectivity index (χ2v) is 4.52. The first-order valence-electron chi connectivity index (χ1n) is 6.38. The lowest BCUT2D eigenvalue weighted by molar-refractivity contribution is 0.0996. The Morgan fingerprint density at radius 3 is 2.23 bits per heavy atom. The molecule has 2 N–H and O–H groups in total. The number of nitrogens with two attached hydrogens (primary N) is 1. The third-order valence-electron chi connectivity index (χ3n) is 3.07. The number of hydrogen-bond acceptors (Lipinski definition) is 3. The van der Waals surface area contributed by atoms with Crippen molar-refractivity contribution in [3.63, 3.8) is 0 Å². The number of primary amides is 1. The zero-order valence-electron chi connectivity index (χ0n) is 11.2. The number of amides is 1. The van der Waals surface area contributed by atoms with E-state index < -0.39 is 23.1 Å². The normalized spacial score (nSPS) is 10.6. The van der Waals surface area contributed by atoms with E-state index in [1.807, 2.05) is 0 Å². The summed E-state index contributed by atoms with van der Waals surface area (Å²) in [5.41, 5.74) is 5.19. The summed E-state index contributed by atoms with van der Waals surface area (Å²) in [4.78, 5) is 15.4. The largest absolute Gasteiger partial charge is 0.435 e. The molecule has 1 amide bonds. The van der Waals surface area contributed by atoms with E-state index in [4.69, 9.17) is 10.2 Å². The number of carbonyl (C=O) groups excluding carboxylic acids is 1. The van der Waals surface area contributed by atoms with Crippen LogP contribution in [0.3, 0.4) is 0 Å². The molecule has 0 spiro atoms. The molecule has 4 nitrogen and oxygen atoms in total. The molecule has 1 aromatic heterocycles. The Labute approximate surface area is 124 Å². The highest BCUT2D eigenvalue weighted by molar-refractivity contribution is 5.97. The number of halogens is 2. The molecule has 1 heterocycles. The van der Waals surface area contributed by atoms with Gasteiger partial charge in [0, 0.05) is 5.56 Å². The summed E-state index contributed by atoms with van der Waals surface area (Å²) in [5, 5.41) is 0. The van der Waals surface area contributed by atoms with Crippen LogP contribution in [0.2, 0.25) is 0 Å². The molecular formula is C16H10F2N2O2. The van der Waals surface area contributed by atoms with Crippen molar-refractivity contribution in [2.24, 2.45) is 5.73 Å². The lowest BCUT2D eigenvalue weighted by atomic mass is 10.1. The third-order valence-corrected chi connectivity index (χ3v) is 3.07. The molecule has 22 heavy (non-hydrogen) atoms. The molecule has 0 radical (unpaired) electrons. The summed E-state index contributed by atoms with van der Waals surface area (Å²) < 4.78 is 33.1. The molecule has 6 heteroatoms. The van der Waals surface area contributed by atoms with Crippen molar-refractivity contribution < 1.29 is 18.0 Å². The van der Waals surface area contributed by atoms with Crippen LogP contribution in [0.4, 0.5) is 8.78 Å². The number of hydrogen-bond donors (Lipinski definition) is 1. The Morgan fingerprint density at radius 2 is 1.64 bits per heavy atom. The molecule has 0 saturated carbocycles. The molecule has 0 atom stereocenters. The molecular weight excluding hydrogens is 290 g/mol. The Balaban J connectivity index is 2.22. The fourth-order valence-electron chi connectivity index (χ4n) is 2.08. The van der Waals surface area contributed by atoms with Crippen LogP contribution in [0.5, 0.6) is 0 Å². The summed E-state index contributed by atoms with van der Waals surface area (Å²) in [5.74, 6) is -2.77. The van der Waals surface area contributed by atoms with Gasteiger partial charge in [0.2, 0.25) is 5.89 Å². The number of nitrogens with zero attached hydrogens (tertiary/aromatic N) is 1. The highest BCUT2D eigenvalue weighted by Crippen LogP contribution is 2.32. The van der Waals surface area contributed by atoms with Gasteiger partial charge in [-0.2, -0.15) is 0 Å². The van der Waals surface area contributed by atoms with E-state index in [9.17, 15) is 13.6 Å². The number of benzene rings is 2. The lowest BCUT2D eigenvalue weighted by Crippen LogP contribution is -2.12. The maximum Gasteiger partial charge on any atom is 0.271 e. The van der Waals surface area contributed by atoms with Crippen LogP contribution in [0.15, 0.2) is 52.9 Å². The van der Waals surface area contributed by atoms with Gasteiger partial charge in [-0.05, 0) is 12.1 Å². The second-order valence-electron chi connectivity index (χ2n) is 4.52. The van der Waals surface area contributed by atoms with Gasteiger partial charge >= 0.3 is 0 Å². The summed E-state index contributed by atoms with van der Waals surface area (Å²) in [6, 6.07) is 12.0. The number of carbonyl (C=O) groups is 1. The quantitative estimate of drug-likeness (QED) is 0.806. The van der Waals surface area contributed by atoms with Gasteiger partial charge in [-0.15, -0.1) is 0 Å². The minimum Gasteiger partial charge on any atom is -0.435 e. The molecule has 3 aromatic rings. The summed E-state index contributed by atoms with van der Waals surface area (Å²) >= 11 is 0. The Hall–Kier alpha value is -3.02. The van der Waals surface area contributed by atoms with Crippen LogP contribution < -0.4 is 5.73 Å². The zero-order valence-corrected chi connectivity index (χ0v) is 11.2. The standard InChI is InChI=1S/C16H10F2N2O2/c17-10-7-4-8-11(18)12(10)16-20-13(15(19)21)14(22-16)9-5-2-1-3-6-9/h1-8H,(H2,19,21). The minimum absolute atomic E-state index is 0.0748. The zero-order chi connectivity index (χ0) is 15.7. The summed E-state index contributed by atoms with van der Waals surface area (Å²) in [6.07, 6.45) is 0. The smallest absolute Gasteiger partial charge is 0.271 e. The molecule has 0 aliphatic rings. The number of rotatable bonds is 3. The maximum absolute atomic E-state index is 13.8. The van der Waals surface area contributed by atoms with Gasteiger partial charge < -0.3 is 10.2 Å². The van der Waals surface area contributed by atoms with Crippen molar-refractivity contribution in [2.45, 2.75) is 0 Å². The summed E-state index contributed by atoms with van der Waals surface area (Å²) in [6.45, 7) is 0. The first kappa shape index (κ1) is 13.9. The maximum atomic E-state index is 13.8. The predicted molar refractivity (Wildman–Crippen MR) is 75.8 cm³/mol. The van der Waals surface area contributed by atoms with Crippen LogP contribution in [-0.4, -0.2) is 10.9 Å². The van der Waals surface area contributed by atoms with Gasteiger partial charge in [-0.1, -0.05) is 36.4 Å². The average Bonchev–Trinajstić information content (AvgIpc) is 2.93. The molecule has 0 aliphatic carbocycles. The third kappa shape index (κ3) is 2.35. The number of oxazole rings is 1. The Kier molecular flexibility index (Phi) is 3.42. The van der Waals surface area contributed by atoms with Crippen molar-refractivity contribution in [3.05, 3.63) is 65.9 Å². The molecule has 110 valence electrons. The molecule has 0 bridgehead atoms. The SMILES string of the molecule is NC(=O)c1nc(-c2c(F)cccc2F)oc1-c1ccccc1. The van der Waals surface area contributed by atoms with E-state index in [1.165, 1.54) is 6.07 Å². The van der Waals surface area contributed by atoms with Gasteiger partial charge in [0.1, 0.15) is 17.2 Å². The van der Waals surface area contributed by atoms with Gasteiger partial charge in [-0.3, -0.25) is 4.79 Å². The lowest BCUT2D eigenvalue weighted by Gasteiger charge is -1.99. The van der Waals surface area contributed by atoms with E-state index in [-0.39, 0.29) is 17.3 Å². The molecule has 0 unspecified atom stereocenters. The van der Waals surface area contributed by atoms with Crippen LogP contribution in [0.1, 0.15) is 10.5 Å². The van der Waals surface area contributed by atoms with Crippen molar-refractivity contribution in [3.8, 4) is 22.8 Å². The van der Waals surface area contributed by atoms with Gasteiger partial charge in [-0.25, -0.2) is 13.8 Å². The van der Waals surface area contributed by atoms with Gasteiger partial charge in [0.15, 0.2) is 11.5 Å². The van der Waals surface area contributed by atoms with Gasteiger partial charge in [0.05, 0.1) is 0 Å². The van der Waals surface area contributed by atoms with Crippen LogP contribution in [0.25, 0.3) is 22.8 Å². The second kappa shape index (κ2) is 5.40. The average molecular weight is 300 g/mol. The topological polar surface area (TPSA) is 69.1 Å². The van der Waals surface area contributed by atoms with E-state index in [0.717, 1.165) is 12.1 Å². The molecule has 0 saturated heterocycles. The van der Waals surface area contributed by atoms with Crippen LogP contribution >= 0.6 is 0 Å². The Morgan fingerprint density at radius 1 is 1.00 bits per heavy atom. The molecule has 0 aliphatic heterocycles. The van der Waals surface area contributed by atoms with Crippen molar-refractivity contribution in [1.29, 1.82) is 0 Å². The highest BCUT2D eigenvalue weighted by atomic mass is 19.1. The molecule has 2 aromatic carbocycles. The van der Waals surface area contributed by atoms with Crippen molar-refractivity contribution >= 4 is 5.91 Å². The van der Waals surface area contributed by atoms with Gasteiger partial charge in [0.25, 0.3) is 5.91 Å². The van der Waals surface area contributed by atoms with Crippen molar-refractivity contribution in [2.75, 3.05) is 0 Å². The minimum atomic E-state index is -0.842. The molecule has 3 rings (SSSR count). The van der Waals surface area contributed by atoms with E-state index in [0.29, 0.717) is 5.56 Å². The fraction of sp³-hybridized carbons (Fsp3) is 0. The van der Waals surface area contributed by atoms with E-state index in [1.54, 1.807) is 30.3 Å². The van der Waals surface area contributed by atoms with E-state index in [2.05, 4.69) is 4.98 Å². The first-order valence-corrected chi connectivity index (χ1v) is 6.38. The monoisotopic (exact) mass is 300 g/mol. The van der Waals surface area contributed by atoms with Crippen LogP contribution in [-0.2, 0) is 0 Å². The highest BCUT2D eigenvalue weighted by Gasteiger charge is 2.23. The van der Waals surface area contributed by atoms with Crippen LogP contribution in [0, 0.1) is 11.6 Å². The molecule has 0 fully saturated rings. The van der Waals surface area contributed by atoms with E-state index >= 15 is 0 Å². The fourth-order valence-corrected chi connectivity index (χ4v) is 2.08. The first-order chi connectivity index (χ1) is 10.6. The summed E-state index contributed by atoms with van der Waals surface area (Å²) in [7, 11) is 0. The predicted octanol–water partition coefficient (Wildman–Crippen LogP) is 3.39. The van der Waals surface area contributed by atoms with Crippen molar-refractivity contribution in [1.82, 2.24) is 4.98 Å². The number of aromatic nitrogens is 1.